The Morgan fingerprint density at radius 3 is 2.44 bits per heavy atom. The van der Waals surface area contributed by atoms with Crippen LogP contribution in [0.2, 0.25) is 0 Å². The quantitative estimate of drug-likeness (QED) is 0.675. The van der Waals surface area contributed by atoms with Crippen molar-refractivity contribution in [3.8, 4) is 28.4 Å². The molecule has 0 saturated carbocycles. The standard InChI is InChI=1S/C25H32N2O5/c1-7-14(2)26-20-11-9-17-18(13-21(20)29)19(27-15(3)28)10-8-16-12-22(30-4)24(31-5)25(32-6)23(16)17/h9,11-14,19H,7-8,10H2,1-6H3,(H,26,29)(H,27,28)/t14-,19+/m1/s1. The van der Waals surface area contributed by atoms with E-state index in [-0.39, 0.29) is 23.4 Å². The summed E-state index contributed by atoms with van der Waals surface area (Å²) in [6, 6.07) is 7.15. The summed E-state index contributed by atoms with van der Waals surface area (Å²) in [7, 11) is 4.75. The van der Waals surface area contributed by atoms with Crippen molar-refractivity contribution in [2.45, 2.75) is 52.1 Å². The van der Waals surface area contributed by atoms with Gasteiger partial charge in [-0.3, -0.25) is 9.59 Å². The van der Waals surface area contributed by atoms with Crippen molar-refractivity contribution in [1.29, 1.82) is 0 Å². The Hall–Kier alpha value is -3.22. The molecule has 0 fully saturated rings. The average Bonchev–Trinajstić information content (AvgIpc) is 3.01. The highest BCUT2D eigenvalue weighted by Crippen LogP contribution is 2.50. The Morgan fingerprint density at radius 1 is 1.12 bits per heavy atom. The summed E-state index contributed by atoms with van der Waals surface area (Å²) in [5, 5.41) is 6.31. The maximum absolute atomic E-state index is 13.1. The molecule has 0 heterocycles. The SMILES string of the molecule is CC[C@@H](C)Nc1ccc2c(cc1=O)[C@@H](NC(C)=O)CCc1cc(OC)c(OC)c(OC)c1-2. The number of hydrogen-bond donors (Lipinski definition) is 2. The lowest BCUT2D eigenvalue weighted by molar-refractivity contribution is -0.119. The van der Waals surface area contributed by atoms with Gasteiger partial charge >= 0.3 is 0 Å². The second-order valence-corrected chi connectivity index (χ2v) is 8.05. The summed E-state index contributed by atoms with van der Waals surface area (Å²) in [5.41, 5.74) is 3.83. The molecular formula is C25H32N2O5. The molecule has 1 aliphatic carbocycles. The zero-order valence-corrected chi connectivity index (χ0v) is 19.6. The molecular weight excluding hydrogens is 408 g/mol. The lowest BCUT2D eigenvalue weighted by atomic mass is 9.95. The number of carbonyl (C=O) groups is 1. The first kappa shape index (κ1) is 23.4. The van der Waals surface area contributed by atoms with Gasteiger partial charge in [0.2, 0.25) is 17.1 Å². The molecule has 0 bridgehead atoms. The van der Waals surface area contributed by atoms with Gasteiger partial charge in [-0.1, -0.05) is 13.0 Å². The normalized spacial score (nSPS) is 15.5. The van der Waals surface area contributed by atoms with Gasteiger partial charge in [0.25, 0.3) is 0 Å². The van der Waals surface area contributed by atoms with Crippen LogP contribution in [0.5, 0.6) is 17.2 Å². The number of methoxy groups -OCH3 is 3. The van der Waals surface area contributed by atoms with Crippen molar-refractivity contribution in [3.05, 3.63) is 45.6 Å². The molecule has 0 radical (unpaired) electrons. The van der Waals surface area contributed by atoms with E-state index in [0.717, 1.165) is 28.7 Å². The molecule has 3 rings (SSSR count). The van der Waals surface area contributed by atoms with Crippen molar-refractivity contribution in [1.82, 2.24) is 5.32 Å². The van der Waals surface area contributed by atoms with Gasteiger partial charge in [0.1, 0.15) is 0 Å². The predicted octanol–water partition coefficient (Wildman–Crippen LogP) is 4.07. The van der Waals surface area contributed by atoms with Gasteiger partial charge in [-0.25, -0.2) is 0 Å². The van der Waals surface area contributed by atoms with Crippen LogP contribution in [0.15, 0.2) is 29.1 Å². The highest BCUT2D eigenvalue weighted by Gasteiger charge is 2.29. The minimum Gasteiger partial charge on any atom is -0.493 e. The van der Waals surface area contributed by atoms with E-state index in [9.17, 15) is 9.59 Å². The third kappa shape index (κ3) is 4.52. The third-order valence-corrected chi connectivity index (χ3v) is 5.93. The molecule has 0 aliphatic heterocycles. The summed E-state index contributed by atoms with van der Waals surface area (Å²) >= 11 is 0. The Morgan fingerprint density at radius 2 is 1.84 bits per heavy atom. The maximum atomic E-state index is 13.1. The lowest BCUT2D eigenvalue weighted by Gasteiger charge is -2.19. The first-order valence-corrected chi connectivity index (χ1v) is 10.9. The molecule has 32 heavy (non-hydrogen) atoms. The van der Waals surface area contributed by atoms with Crippen molar-refractivity contribution in [3.63, 3.8) is 0 Å². The topological polar surface area (TPSA) is 85.9 Å². The highest BCUT2D eigenvalue weighted by molar-refractivity contribution is 5.83. The van der Waals surface area contributed by atoms with Crippen molar-refractivity contribution in [2.75, 3.05) is 26.6 Å². The van der Waals surface area contributed by atoms with E-state index in [0.29, 0.717) is 35.8 Å². The Balaban J connectivity index is 2.36. The summed E-state index contributed by atoms with van der Waals surface area (Å²) in [6.07, 6.45) is 2.19. The number of nitrogens with one attached hydrogen (secondary N) is 2. The summed E-state index contributed by atoms with van der Waals surface area (Å²) in [5.74, 6) is 1.46. The Kier molecular flexibility index (Phi) is 7.28. The monoisotopic (exact) mass is 440 g/mol. The van der Waals surface area contributed by atoms with E-state index in [1.165, 1.54) is 6.92 Å². The van der Waals surface area contributed by atoms with E-state index in [1.807, 2.05) is 25.1 Å². The molecule has 0 unspecified atom stereocenters. The molecule has 2 N–H and O–H groups in total. The fraction of sp³-hybridized carbons (Fsp3) is 0.440. The van der Waals surface area contributed by atoms with Crippen LogP contribution in [-0.4, -0.2) is 33.3 Å². The minimum absolute atomic E-state index is 0.121. The van der Waals surface area contributed by atoms with Crippen LogP contribution in [0.25, 0.3) is 11.1 Å². The molecule has 1 aliphatic rings. The zero-order valence-electron chi connectivity index (χ0n) is 19.6. The third-order valence-electron chi connectivity index (χ3n) is 5.93. The van der Waals surface area contributed by atoms with Crippen LogP contribution in [0.4, 0.5) is 5.69 Å². The zero-order chi connectivity index (χ0) is 23.4. The molecule has 2 atom stereocenters. The van der Waals surface area contributed by atoms with Gasteiger partial charge in [0.05, 0.1) is 33.1 Å². The number of hydrogen-bond acceptors (Lipinski definition) is 6. The molecule has 0 saturated heterocycles. The first-order chi connectivity index (χ1) is 15.3. The number of benzene rings is 1. The summed E-state index contributed by atoms with van der Waals surface area (Å²) in [4.78, 5) is 25.1. The first-order valence-electron chi connectivity index (χ1n) is 10.9. The van der Waals surface area contributed by atoms with E-state index in [1.54, 1.807) is 27.4 Å². The lowest BCUT2D eigenvalue weighted by Crippen LogP contribution is -2.26. The molecule has 0 spiro atoms. The summed E-state index contributed by atoms with van der Waals surface area (Å²) in [6.45, 7) is 5.59. The summed E-state index contributed by atoms with van der Waals surface area (Å²) < 4.78 is 17.0. The van der Waals surface area contributed by atoms with Crippen LogP contribution in [0.1, 0.15) is 50.8 Å². The largest absolute Gasteiger partial charge is 0.493 e. The molecule has 1 amide bonds. The number of aryl methyl sites for hydroxylation is 1. The fourth-order valence-electron chi connectivity index (χ4n) is 4.19. The van der Waals surface area contributed by atoms with Gasteiger partial charge in [0.15, 0.2) is 11.5 Å². The Labute approximate surface area is 189 Å². The maximum Gasteiger partial charge on any atom is 0.217 e. The highest BCUT2D eigenvalue weighted by atomic mass is 16.5. The van der Waals surface area contributed by atoms with Gasteiger partial charge < -0.3 is 24.8 Å². The van der Waals surface area contributed by atoms with Crippen LogP contribution in [0.3, 0.4) is 0 Å². The van der Waals surface area contributed by atoms with Gasteiger partial charge in [0, 0.05) is 18.5 Å². The number of fused-ring (bicyclic) bond motifs is 3. The van der Waals surface area contributed by atoms with Gasteiger partial charge in [-0.15, -0.1) is 0 Å². The Bertz CT molecular complexity index is 1070. The van der Waals surface area contributed by atoms with Crippen LogP contribution < -0.4 is 30.3 Å². The number of anilines is 1. The van der Waals surface area contributed by atoms with E-state index in [4.69, 9.17) is 14.2 Å². The van der Waals surface area contributed by atoms with Crippen LogP contribution in [-0.2, 0) is 11.2 Å². The van der Waals surface area contributed by atoms with Crippen LogP contribution >= 0.6 is 0 Å². The molecule has 0 aromatic heterocycles. The van der Waals surface area contributed by atoms with E-state index >= 15 is 0 Å². The number of carbonyl (C=O) groups excluding carboxylic acids is 1. The molecule has 172 valence electrons. The second kappa shape index (κ2) is 9.94. The van der Waals surface area contributed by atoms with Crippen LogP contribution in [0, 0.1) is 0 Å². The number of amides is 1. The van der Waals surface area contributed by atoms with E-state index < -0.39 is 0 Å². The van der Waals surface area contributed by atoms with Gasteiger partial charge in [-0.2, -0.15) is 0 Å². The van der Waals surface area contributed by atoms with Gasteiger partial charge in [-0.05, 0) is 61.1 Å². The smallest absolute Gasteiger partial charge is 0.217 e. The van der Waals surface area contributed by atoms with Crippen molar-refractivity contribution < 1.29 is 19.0 Å². The average molecular weight is 441 g/mol. The molecule has 7 nitrogen and oxygen atoms in total. The fourth-order valence-corrected chi connectivity index (χ4v) is 4.19. The predicted molar refractivity (Wildman–Crippen MR) is 126 cm³/mol. The molecule has 2 aromatic rings. The molecule has 7 heteroatoms. The van der Waals surface area contributed by atoms with Crippen molar-refractivity contribution in [2.24, 2.45) is 0 Å². The van der Waals surface area contributed by atoms with Crippen molar-refractivity contribution >= 4 is 11.6 Å². The second-order valence-electron chi connectivity index (χ2n) is 8.05. The number of rotatable bonds is 7. The number of ether oxygens (including phenoxy) is 3. The molecule has 2 aromatic carbocycles. The van der Waals surface area contributed by atoms with E-state index in [2.05, 4.69) is 17.6 Å². The minimum atomic E-state index is -0.312.